The number of hydrogen-bond acceptors (Lipinski definition) is 3. The van der Waals surface area contributed by atoms with E-state index >= 15 is 0 Å². The third-order valence-electron chi connectivity index (χ3n) is 4.51. The highest BCUT2D eigenvalue weighted by atomic mass is 16.3. The molecule has 0 spiro atoms. The van der Waals surface area contributed by atoms with Gasteiger partial charge in [0.1, 0.15) is 0 Å². The number of aliphatic hydroxyl groups excluding tert-OH is 1. The molecule has 1 saturated carbocycles. The van der Waals surface area contributed by atoms with Crippen molar-refractivity contribution in [1.82, 2.24) is 10.6 Å². The Bertz CT molecular complexity index is 204. The smallest absolute Gasteiger partial charge is 0.0462 e. The highest BCUT2D eigenvalue weighted by molar-refractivity contribution is 4.79. The van der Waals surface area contributed by atoms with Crippen LogP contribution in [0.1, 0.15) is 44.9 Å². The first-order valence-electron chi connectivity index (χ1n) is 7.45. The van der Waals surface area contributed by atoms with Gasteiger partial charge < -0.3 is 15.7 Å². The lowest BCUT2D eigenvalue weighted by Crippen LogP contribution is -2.43. The lowest BCUT2D eigenvalue weighted by molar-refractivity contribution is 0.132. The Morgan fingerprint density at radius 1 is 0.941 bits per heavy atom. The van der Waals surface area contributed by atoms with Crippen molar-refractivity contribution in [3.8, 4) is 0 Å². The van der Waals surface area contributed by atoms with Crippen LogP contribution in [-0.4, -0.2) is 37.4 Å². The largest absolute Gasteiger partial charge is 0.396 e. The summed E-state index contributed by atoms with van der Waals surface area (Å²) in [6.07, 6.45) is 9.23. The lowest BCUT2D eigenvalue weighted by atomic mass is 9.79. The summed E-state index contributed by atoms with van der Waals surface area (Å²) in [5.74, 6) is 1.26. The van der Waals surface area contributed by atoms with E-state index in [4.69, 9.17) is 0 Å². The molecule has 1 saturated heterocycles. The van der Waals surface area contributed by atoms with Gasteiger partial charge in [-0.2, -0.15) is 0 Å². The molecule has 3 unspecified atom stereocenters. The van der Waals surface area contributed by atoms with Gasteiger partial charge in [-0.05, 0) is 50.6 Å². The molecular formula is C14H28N2O. The average molecular weight is 240 g/mol. The number of hydrogen-bond donors (Lipinski definition) is 3. The number of piperidine rings is 1. The van der Waals surface area contributed by atoms with E-state index in [1.165, 1.54) is 51.5 Å². The van der Waals surface area contributed by atoms with Crippen LogP contribution in [0, 0.1) is 11.8 Å². The van der Waals surface area contributed by atoms with Crippen molar-refractivity contribution in [2.24, 2.45) is 11.8 Å². The first-order valence-corrected chi connectivity index (χ1v) is 7.45. The van der Waals surface area contributed by atoms with Gasteiger partial charge in [0.25, 0.3) is 0 Å². The average Bonchev–Trinajstić information content (AvgIpc) is 2.40. The minimum atomic E-state index is 0.383. The Kier molecular flexibility index (Phi) is 5.75. The predicted octanol–water partition coefficient (Wildman–Crippen LogP) is 1.52. The van der Waals surface area contributed by atoms with Crippen molar-refractivity contribution in [3.05, 3.63) is 0 Å². The fourth-order valence-corrected chi connectivity index (χ4v) is 3.33. The Morgan fingerprint density at radius 3 is 2.41 bits per heavy atom. The molecule has 0 radical (unpaired) electrons. The standard InChI is InChI=1S/C14H28N2O/c17-11-13-6-2-1-5-12(13)9-15-10-14-7-3-4-8-16-14/h12-17H,1-11H2. The molecule has 0 amide bonds. The molecule has 3 nitrogen and oxygen atoms in total. The maximum Gasteiger partial charge on any atom is 0.0462 e. The van der Waals surface area contributed by atoms with Gasteiger partial charge in [0, 0.05) is 19.2 Å². The molecule has 3 heteroatoms. The molecule has 3 N–H and O–H groups in total. The van der Waals surface area contributed by atoms with Crippen molar-refractivity contribution in [2.75, 3.05) is 26.2 Å². The fraction of sp³-hybridized carbons (Fsp3) is 1.00. The summed E-state index contributed by atoms with van der Waals surface area (Å²) in [4.78, 5) is 0. The third-order valence-corrected chi connectivity index (χ3v) is 4.51. The lowest BCUT2D eigenvalue weighted by Gasteiger charge is -2.31. The van der Waals surface area contributed by atoms with E-state index in [1.54, 1.807) is 0 Å². The van der Waals surface area contributed by atoms with E-state index in [1.807, 2.05) is 0 Å². The Labute approximate surface area is 105 Å². The molecule has 1 heterocycles. The van der Waals surface area contributed by atoms with Crippen LogP contribution in [0.2, 0.25) is 0 Å². The van der Waals surface area contributed by atoms with Gasteiger partial charge in [-0.3, -0.25) is 0 Å². The molecule has 1 aliphatic carbocycles. The fourth-order valence-electron chi connectivity index (χ4n) is 3.33. The number of aliphatic hydroxyl groups is 1. The quantitative estimate of drug-likeness (QED) is 0.682. The summed E-state index contributed by atoms with van der Waals surface area (Å²) in [5.41, 5.74) is 0. The van der Waals surface area contributed by atoms with Crippen molar-refractivity contribution in [1.29, 1.82) is 0 Å². The van der Waals surface area contributed by atoms with E-state index in [2.05, 4.69) is 10.6 Å². The van der Waals surface area contributed by atoms with Crippen LogP contribution in [0.4, 0.5) is 0 Å². The summed E-state index contributed by atoms with van der Waals surface area (Å²) in [6, 6.07) is 0.680. The topological polar surface area (TPSA) is 44.3 Å². The van der Waals surface area contributed by atoms with E-state index in [0.717, 1.165) is 13.1 Å². The SMILES string of the molecule is OCC1CCCCC1CNCC1CCCCN1. The van der Waals surface area contributed by atoms with E-state index in [9.17, 15) is 5.11 Å². The van der Waals surface area contributed by atoms with Gasteiger partial charge in [-0.1, -0.05) is 19.3 Å². The molecule has 2 rings (SSSR count). The van der Waals surface area contributed by atoms with E-state index in [0.29, 0.717) is 24.5 Å². The molecule has 0 aromatic carbocycles. The monoisotopic (exact) mass is 240 g/mol. The van der Waals surface area contributed by atoms with E-state index in [-0.39, 0.29) is 0 Å². The van der Waals surface area contributed by atoms with Crippen molar-refractivity contribution in [3.63, 3.8) is 0 Å². The van der Waals surface area contributed by atoms with Crippen LogP contribution in [0.5, 0.6) is 0 Å². The number of rotatable bonds is 5. The molecule has 100 valence electrons. The molecule has 0 aromatic heterocycles. The second-order valence-electron chi connectivity index (χ2n) is 5.79. The predicted molar refractivity (Wildman–Crippen MR) is 71.0 cm³/mol. The molecule has 0 bridgehead atoms. The van der Waals surface area contributed by atoms with Crippen molar-refractivity contribution >= 4 is 0 Å². The van der Waals surface area contributed by atoms with Crippen LogP contribution in [0.25, 0.3) is 0 Å². The van der Waals surface area contributed by atoms with Crippen molar-refractivity contribution < 1.29 is 5.11 Å². The molecule has 2 aliphatic rings. The summed E-state index contributed by atoms with van der Waals surface area (Å²) in [7, 11) is 0. The maximum absolute atomic E-state index is 9.37. The van der Waals surface area contributed by atoms with E-state index < -0.39 is 0 Å². The molecule has 1 aliphatic heterocycles. The summed E-state index contributed by atoms with van der Waals surface area (Å²) in [5, 5.41) is 16.6. The summed E-state index contributed by atoms with van der Waals surface area (Å²) in [6.45, 7) is 3.78. The zero-order valence-electron chi connectivity index (χ0n) is 11.0. The van der Waals surface area contributed by atoms with Crippen LogP contribution >= 0.6 is 0 Å². The molecule has 17 heavy (non-hydrogen) atoms. The molecule has 2 fully saturated rings. The van der Waals surface area contributed by atoms with Gasteiger partial charge in [0.05, 0.1) is 0 Å². The minimum Gasteiger partial charge on any atom is -0.396 e. The minimum absolute atomic E-state index is 0.383. The highest BCUT2D eigenvalue weighted by Gasteiger charge is 2.24. The van der Waals surface area contributed by atoms with Gasteiger partial charge in [0.2, 0.25) is 0 Å². The Balaban J connectivity index is 1.62. The Hall–Kier alpha value is -0.120. The van der Waals surface area contributed by atoms with Gasteiger partial charge in [-0.25, -0.2) is 0 Å². The van der Waals surface area contributed by atoms with Crippen LogP contribution < -0.4 is 10.6 Å². The summed E-state index contributed by atoms with van der Waals surface area (Å²) < 4.78 is 0. The Morgan fingerprint density at radius 2 is 1.71 bits per heavy atom. The first-order chi connectivity index (χ1) is 8.40. The number of nitrogens with one attached hydrogen (secondary N) is 2. The third kappa shape index (κ3) is 4.23. The molecule has 3 atom stereocenters. The van der Waals surface area contributed by atoms with Gasteiger partial charge in [-0.15, -0.1) is 0 Å². The van der Waals surface area contributed by atoms with Gasteiger partial charge in [0.15, 0.2) is 0 Å². The summed E-state index contributed by atoms with van der Waals surface area (Å²) >= 11 is 0. The normalized spacial score (nSPS) is 34.8. The second kappa shape index (κ2) is 7.34. The molecular weight excluding hydrogens is 212 g/mol. The zero-order chi connectivity index (χ0) is 11.9. The second-order valence-corrected chi connectivity index (χ2v) is 5.79. The van der Waals surface area contributed by atoms with Crippen LogP contribution in [-0.2, 0) is 0 Å². The highest BCUT2D eigenvalue weighted by Crippen LogP contribution is 2.29. The molecule has 0 aromatic rings. The van der Waals surface area contributed by atoms with Gasteiger partial charge >= 0.3 is 0 Å². The maximum atomic E-state index is 9.37. The first kappa shape index (κ1) is 13.3. The van der Waals surface area contributed by atoms with Crippen molar-refractivity contribution in [2.45, 2.75) is 51.0 Å². The zero-order valence-corrected chi connectivity index (χ0v) is 11.0. The van der Waals surface area contributed by atoms with Crippen LogP contribution in [0.15, 0.2) is 0 Å². The van der Waals surface area contributed by atoms with Crippen LogP contribution in [0.3, 0.4) is 0 Å².